The third kappa shape index (κ3) is 4.14. The Bertz CT molecular complexity index is 1280. The van der Waals surface area contributed by atoms with E-state index in [4.69, 9.17) is 5.10 Å². The lowest BCUT2D eigenvalue weighted by Gasteiger charge is -2.29. The summed E-state index contributed by atoms with van der Waals surface area (Å²) in [5.74, 6) is -0.642. The number of nitrogens with zero attached hydrogens (tertiary/aromatic N) is 3. The number of amides is 1. The van der Waals surface area contributed by atoms with Gasteiger partial charge in [-0.2, -0.15) is 5.10 Å². The molecule has 0 bridgehead atoms. The second kappa shape index (κ2) is 9.10. The average molecular weight is 479 g/mol. The lowest BCUT2D eigenvalue weighted by Crippen LogP contribution is -2.28. The quantitative estimate of drug-likeness (QED) is 0.509. The van der Waals surface area contributed by atoms with Crippen LogP contribution in [-0.2, 0) is 0 Å². The van der Waals surface area contributed by atoms with Gasteiger partial charge in [-0.1, -0.05) is 35.6 Å². The molecule has 1 fully saturated rings. The van der Waals surface area contributed by atoms with E-state index in [-0.39, 0.29) is 29.5 Å². The molecule has 1 aliphatic heterocycles. The van der Waals surface area contributed by atoms with Crippen molar-refractivity contribution in [1.82, 2.24) is 10.3 Å². The molecule has 1 aliphatic carbocycles. The smallest absolute Gasteiger partial charge is 0.263 e. The molecule has 2 heterocycles. The molecule has 1 amide bonds. The molecule has 1 saturated carbocycles. The number of halogens is 2. The Morgan fingerprint density at radius 1 is 1.12 bits per heavy atom. The molecule has 3 aromatic rings. The second-order valence-electron chi connectivity index (χ2n) is 8.54. The van der Waals surface area contributed by atoms with Gasteiger partial charge < -0.3 is 5.32 Å². The van der Waals surface area contributed by atoms with E-state index >= 15 is 0 Å². The van der Waals surface area contributed by atoms with Crippen LogP contribution in [0.1, 0.15) is 51.8 Å². The minimum atomic E-state index is -0.290. The number of anilines is 1. The van der Waals surface area contributed by atoms with Crippen LogP contribution in [0.5, 0.6) is 0 Å². The molecule has 2 aromatic carbocycles. The summed E-state index contributed by atoms with van der Waals surface area (Å²) < 4.78 is 27.1. The minimum Gasteiger partial charge on any atom is -0.354 e. The molecule has 0 radical (unpaired) electrons. The number of carbonyl (C=O) groups excluding carboxylic acids is 1. The Kier molecular flexibility index (Phi) is 6.00. The lowest BCUT2D eigenvalue weighted by atomic mass is 9.77. The molecule has 2 aliphatic rings. The van der Waals surface area contributed by atoms with E-state index in [9.17, 15) is 13.6 Å². The summed E-state index contributed by atoms with van der Waals surface area (Å²) in [4.78, 5) is 17.5. The number of thiazole rings is 1. The molecule has 0 saturated heterocycles. The van der Waals surface area contributed by atoms with Crippen LogP contribution in [0.3, 0.4) is 0 Å². The van der Waals surface area contributed by atoms with Gasteiger partial charge in [-0.3, -0.25) is 4.79 Å². The molecule has 0 spiro atoms. The molecular weight excluding hydrogens is 454 g/mol. The normalized spacial score (nSPS) is 20.9. The first-order chi connectivity index (χ1) is 16.4. The summed E-state index contributed by atoms with van der Waals surface area (Å²) in [5.41, 5.74) is 4.59. The molecule has 34 heavy (non-hydrogen) atoms. The van der Waals surface area contributed by atoms with Crippen molar-refractivity contribution in [2.45, 2.75) is 32.2 Å². The highest BCUT2D eigenvalue weighted by molar-refractivity contribution is 7.17. The van der Waals surface area contributed by atoms with E-state index in [1.807, 2.05) is 11.9 Å². The summed E-state index contributed by atoms with van der Waals surface area (Å²) >= 11 is 1.30. The summed E-state index contributed by atoms with van der Waals surface area (Å²) in [7, 11) is 1.60. The van der Waals surface area contributed by atoms with Crippen LogP contribution in [0.15, 0.2) is 59.2 Å². The van der Waals surface area contributed by atoms with Crippen molar-refractivity contribution >= 4 is 34.2 Å². The number of aryl methyl sites for hydroxylation is 1. The number of aromatic nitrogens is 1. The highest BCUT2D eigenvalue weighted by atomic mass is 32.1. The molecule has 174 valence electrons. The SMILES string of the molecule is CNC(=O)c1sc(N2N=C3C(=Cc4ccc(F)cc4)CCCC3C2c2ccc(F)cc2)nc1C. The van der Waals surface area contributed by atoms with Crippen molar-refractivity contribution in [2.75, 3.05) is 12.1 Å². The minimum absolute atomic E-state index is 0.0959. The maximum atomic E-state index is 13.7. The number of rotatable bonds is 4. The molecule has 2 unspecified atom stereocenters. The average Bonchev–Trinajstić information content (AvgIpc) is 3.42. The molecule has 1 N–H and O–H groups in total. The van der Waals surface area contributed by atoms with E-state index < -0.39 is 0 Å². The van der Waals surface area contributed by atoms with Crippen LogP contribution >= 0.6 is 11.3 Å². The Balaban J connectivity index is 1.60. The van der Waals surface area contributed by atoms with Crippen molar-refractivity contribution in [1.29, 1.82) is 0 Å². The zero-order valence-corrected chi connectivity index (χ0v) is 19.7. The van der Waals surface area contributed by atoms with Gasteiger partial charge in [-0.15, -0.1) is 0 Å². The first kappa shape index (κ1) is 22.4. The lowest BCUT2D eigenvalue weighted by molar-refractivity contribution is 0.0966. The molecule has 5 nitrogen and oxygen atoms in total. The van der Waals surface area contributed by atoms with E-state index in [0.29, 0.717) is 15.7 Å². The number of hydrogen-bond acceptors (Lipinski definition) is 5. The Morgan fingerprint density at radius 2 is 1.79 bits per heavy atom. The van der Waals surface area contributed by atoms with Crippen molar-refractivity contribution in [3.05, 3.63) is 87.4 Å². The van der Waals surface area contributed by atoms with Crippen LogP contribution in [-0.4, -0.2) is 23.7 Å². The van der Waals surface area contributed by atoms with Crippen molar-refractivity contribution in [2.24, 2.45) is 11.0 Å². The summed E-state index contributed by atoms with van der Waals surface area (Å²) in [6.07, 6.45) is 4.86. The Morgan fingerprint density at radius 3 is 2.47 bits per heavy atom. The van der Waals surface area contributed by atoms with Crippen molar-refractivity contribution in [3.8, 4) is 0 Å². The monoisotopic (exact) mass is 478 g/mol. The van der Waals surface area contributed by atoms with Crippen molar-refractivity contribution in [3.63, 3.8) is 0 Å². The maximum absolute atomic E-state index is 13.7. The van der Waals surface area contributed by atoms with Crippen LogP contribution in [0.25, 0.3) is 6.08 Å². The van der Waals surface area contributed by atoms with Crippen molar-refractivity contribution < 1.29 is 13.6 Å². The van der Waals surface area contributed by atoms with Gasteiger partial charge in [0.2, 0.25) is 5.13 Å². The Hall–Kier alpha value is -3.39. The maximum Gasteiger partial charge on any atom is 0.263 e. The summed E-state index contributed by atoms with van der Waals surface area (Å²) in [5, 5.41) is 10.2. The molecular formula is C26H24F2N4OS. The first-order valence-corrected chi connectivity index (χ1v) is 12.1. The zero-order chi connectivity index (χ0) is 23.8. The summed E-state index contributed by atoms with van der Waals surface area (Å²) in [6, 6.07) is 12.8. The predicted molar refractivity (Wildman–Crippen MR) is 131 cm³/mol. The molecule has 8 heteroatoms. The zero-order valence-electron chi connectivity index (χ0n) is 18.9. The topological polar surface area (TPSA) is 57.6 Å². The van der Waals surface area contributed by atoms with Gasteiger partial charge >= 0.3 is 0 Å². The van der Waals surface area contributed by atoms with Gasteiger partial charge in [0.05, 0.1) is 17.4 Å². The largest absolute Gasteiger partial charge is 0.354 e. The predicted octanol–water partition coefficient (Wildman–Crippen LogP) is 5.89. The first-order valence-electron chi connectivity index (χ1n) is 11.2. The summed E-state index contributed by atoms with van der Waals surface area (Å²) in [6.45, 7) is 1.81. The van der Waals surface area contributed by atoms with Crippen LogP contribution in [0.4, 0.5) is 13.9 Å². The number of benzene rings is 2. The third-order valence-corrected chi connectivity index (χ3v) is 7.48. The van der Waals surface area contributed by atoms with Crippen LogP contribution < -0.4 is 10.3 Å². The highest BCUT2D eigenvalue weighted by Gasteiger charge is 2.43. The van der Waals surface area contributed by atoms with E-state index in [1.165, 1.54) is 35.6 Å². The van der Waals surface area contributed by atoms with Crippen LogP contribution in [0.2, 0.25) is 0 Å². The van der Waals surface area contributed by atoms with Gasteiger partial charge in [0.25, 0.3) is 5.91 Å². The number of fused-ring (bicyclic) bond motifs is 1. The van der Waals surface area contributed by atoms with E-state index in [1.54, 1.807) is 31.3 Å². The van der Waals surface area contributed by atoms with Gasteiger partial charge in [0, 0.05) is 13.0 Å². The van der Waals surface area contributed by atoms with Crippen LogP contribution in [0, 0.1) is 24.5 Å². The second-order valence-corrected chi connectivity index (χ2v) is 9.51. The fourth-order valence-electron chi connectivity index (χ4n) is 4.72. The fraction of sp³-hybridized carbons (Fsp3) is 0.269. The highest BCUT2D eigenvalue weighted by Crippen LogP contribution is 2.47. The van der Waals surface area contributed by atoms with E-state index in [2.05, 4.69) is 16.4 Å². The van der Waals surface area contributed by atoms with Gasteiger partial charge in [-0.05, 0) is 73.2 Å². The Labute approximate surface area is 200 Å². The van der Waals surface area contributed by atoms with Gasteiger partial charge in [0.1, 0.15) is 16.5 Å². The number of nitrogens with one attached hydrogen (secondary N) is 1. The standard InChI is InChI=1S/C26H24F2N4OS/c1-15-24(25(33)29-2)34-26(30-15)32-23(17-8-12-20(28)13-9-17)21-5-3-4-18(22(21)31-32)14-16-6-10-19(27)11-7-16/h6-14,21,23H,3-5H2,1-2H3,(H,29,33). The third-order valence-electron chi connectivity index (χ3n) is 6.34. The van der Waals surface area contributed by atoms with E-state index in [0.717, 1.165) is 41.7 Å². The number of carbonyl (C=O) groups is 1. The van der Waals surface area contributed by atoms with Gasteiger partial charge in [-0.25, -0.2) is 18.8 Å². The molecule has 2 atom stereocenters. The van der Waals surface area contributed by atoms with Gasteiger partial charge in [0.15, 0.2) is 0 Å². The number of hydrogen-bond donors (Lipinski definition) is 1. The number of hydrazone groups is 1. The fourth-order valence-corrected chi connectivity index (χ4v) is 5.72. The number of allylic oxidation sites excluding steroid dienone is 1. The molecule has 5 rings (SSSR count). The molecule has 1 aromatic heterocycles.